The fraction of sp³-hybridized carbons (Fsp3) is 0.474. The number of nitrogens with zero attached hydrogens (tertiary/aromatic N) is 4. The number of aromatic nitrogens is 3. The Morgan fingerprint density at radius 2 is 2.11 bits per heavy atom. The lowest BCUT2D eigenvalue weighted by Crippen LogP contribution is -2.40. The van der Waals surface area contributed by atoms with Crippen molar-refractivity contribution in [2.75, 3.05) is 13.1 Å². The van der Waals surface area contributed by atoms with E-state index in [-0.39, 0.29) is 5.91 Å². The maximum atomic E-state index is 12.8. The number of carbonyl (C=O) groups excluding carboxylic acids is 1. The second kappa shape index (κ2) is 6.68. The van der Waals surface area contributed by atoms with Gasteiger partial charge in [-0.15, -0.1) is 0 Å². The third kappa shape index (κ3) is 3.39. The topological polar surface area (TPSA) is 98.4 Å². The molecule has 8 nitrogen and oxygen atoms in total. The first-order chi connectivity index (χ1) is 13.3. The normalized spacial score (nSPS) is 20.1. The molecule has 1 atom stereocenters. The fourth-order valence-corrected chi connectivity index (χ4v) is 3.59. The van der Waals surface area contributed by atoms with Gasteiger partial charge in [0.15, 0.2) is 17.3 Å². The average Bonchev–Trinajstić information content (AvgIpc) is 3.11. The summed E-state index contributed by atoms with van der Waals surface area (Å²) in [4.78, 5) is 19.1. The first-order valence-corrected chi connectivity index (χ1v) is 9.38. The van der Waals surface area contributed by atoms with E-state index in [2.05, 4.69) is 15.3 Å². The highest BCUT2D eigenvalue weighted by Crippen LogP contribution is 2.38. The van der Waals surface area contributed by atoms with Crippen molar-refractivity contribution in [3.05, 3.63) is 41.9 Å². The smallest absolute Gasteiger partial charge is 0.276 e. The van der Waals surface area contributed by atoms with Gasteiger partial charge < -0.3 is 18.4 Å². The molecule has 1 aliphatic carbocycles. The molecule has 3 aromatic rings. The van der Waals surface area contributed by atoms with Crippen molar-refractivity contribution in [2.24, 2.45) is 5.92 Å². The molecule has 2 aliphatic rings. The molecule has 0 unspecified atom stereocenters. The summed E-state index contributed by atoms with van der Waals surface area (Å²) in [5.41, 5.74) is 0.302. The number of likely N-dealkylation sites (tertiary alicyclic amines) is 1. The fourth-order valence-electron chi connectivity index (χ4n) is 3.59. The molecule has 1 saturated carbocycles. The molecular weight excluding hydrogens is 348 g/mol. The molecule has 1 saturated heterocycles. The maximum Gasteiger partial charge on any atom is 0.276 e. The van der Waals surface area contributed by atoms with E-state index in [1.165, 1.54) is 0 Å². The van der Waals surface area contributed by atoms with Crippen LogP contribution in [0.4, 0.5) is 0 Å². The van der Waals surface area contributed by atoms with E-state index in [1.54, 1.807) is 24.5 Å². The molecule has 2 fully saturated rings. The minimum Gasteiger partial charge on any atom is -0.461 e. The van der Waals surface area contributed by atoms with Crippen molar-refractivity contribution in [3.63, 3.8) is 0 Å². The van der Waals surface area contributed by atoms with Gasteiger partial charge in [-0.3, -0.25) is 4.79 Å². The maximum absolute atomic E-state index is 12.8. The number of rotatable bonds is 5. The van der Waals surface area contributed by atoms with Crippen LogP contribution in [-0.2, 0) is 6.42 Å². The highest BCUT2D eigenvalue weighted by molar-refractivity contribution is 5.93. The number of carbonyl (C=O) groups is 1. The Kier molecular flexibility index (Phi) is 4.03. The van der Waals surface area contributed by atoms with E-state index in [9.17, 15) is 4.79 Å². The lowest BCUT2D eigenvalue weighted by atomic mass is 9.94. The van der Waals surface area contributed by atoms with Crippen LogP contribution in [0.5, 0.6) is 0 Å². The second-order valence-corrected chi connectivity index (χ2v) is 7.34. The SMILES string of the molecule is O=C(c1cc(-c2ccco2)on1)N1CCC[C@@H](Cc2nc(C3CC3)no2)C1. The van der Waals surface area contributed by atoms with Crippen LogP contribution in [-0.4, -0.2) is 39.2 Å². The molecule has 3 aromatic heterocycles. The third-order valence-electron chi connectivity index (χ3n) is 5.19. The molecular formula is C19H20N4O4. The summed E-state index contributed by atoms with van der Waals surface area (Å²) in [6.45, 7) is 1.37. The molecule has 0 aromatic carbocycles. The summed E-state index contributed by atoms with van der Waals surface area (Å²) >= 11 is 0. The Morgan fingerprint density at radius 3 is 2.93 bits per heavy atom. The summed E-state index contributed by atoms with van der Waals surface area (Å²) in [6.07, 6.45) is 6.57. The van der Waals surface area contributed by atoms with Gasteiger partial charge in [0.05, 0.1) is 6.26 Å². The lowest BCUT2D eigenvalue weighted by Gasteiger charge is -2.31. The van der Waals surface area contributed by atoms with E-state index in [0.29, 0.717) is 47.9 Å². The van der Waals surface area contributed by atoms with Crippen molar-refractivity contribution >= 4 is 5.91 Å². The average molecular weight is 368 g/mol. The molecule has 5 rings (SSSR count). The van der Waals surface area contributed by atoms with Crippen LogP contribution in [0.1, 0.15) is 53.8 Å². The van der Waals surface area contributed by atoms with Crippen molar-refractivity contribution < 1.29 is 18.3 Å². The van der Waals surface area contributed by atoms with E-state index in [0.717, 1.165) is 38.1 Å². The molecule has 1 amide bonds. The molecule has 0 spiro atoms. The summed E-state index contributed by atoms with van der Waals surface area (Å²) in [6, 6.07) is 5.16. The van der Waals surface area contributed by atoms with Crippen molar-refractivity contribution in [1.82, 2.24) is 20.2 Å². The van der Waals surface area contributed by atoms with Gasteiger partial charge in [0.1, 0.15) is 0 Å². The van der Waals surface area contributed by atoms with Crippen LogP contribution in [0.2, 0.25) is 0 Å². The van der Waals surface area contributed by atoms with Gasteiger partial charge in [0.2, 0.25) is 11.7 Å². The third-order valence-corrected chi connectivity index (χ3v) is 5.19. The van der Waals surface area contributed by atoms with Crippen LogP contribution < -0.4 is 0 Å². The van der Waals surface area contributed by atoms with Gasteiger partial charge in [-0.05, 0) is 43.7 Å². The molecule has 0 radical (unpaired) electrons. The van der Waals surface area contributed by atoms with Crippen LogP contribution in [0.25, 0.3) is 11.5 Å². The van der Waals surface area contributed by atoms with Crippen LogP contribution >= 0.6 is 0 Å². The van der Waals surface area contributed by atoms with E-state index in [4.69, 9.17) is 13.5 Å². The molecule has 8 heteroatoms. The first kappa shape index (κ1) is 16.3. The Morgan fingerprint density at radius 1 is 1.19 bits per heavy atom. The predicted molar refractivity (Wildman–Crippen MR) is 92.8 cm³/mol. The zero-order chi connectivity index (χ0) is 18.2. The summed E-state index contributed by atoms with van der Waals surface area (Å²) in [5.74, 6) is 3.20. The van der Waals surface area contributed by atoms with Crippen molar-refractivity contribution in [1.29, 1.82) is 0 Å². The van der Waals surface area contributed by atoms with Gasteiger partial charge in [0.25, 0.3) is 5.91 Å². The number of furan rings is 1. The summed E-state index contributed by atoms with van der Waals surface area (Å²) < 4.78 is 15.9. The van der Waals surface area contributed by atoms with E-state index >= 15 is 0 Å². The lowest BCUT2D eigenvalue weighted by molar-refractivity contribution is 0.0657. The van der Waals surface area contributed by atoms with Gasteiger partial charge in [-0.2, -0.15) is 4.98 Å². The second-order valence-electron chi connectivity index (χ2n) is 7.34. The summed E-state index contributed by atoms with van der Waals surface area (Å²) in [7, 11) is 0. The van der Waals surface area contributed by atoms with Crippen LogP contribution in [0.3, 0.4) is 0 Å². The van der Waals surface area contributed by atoms with Gasteiger partial charge in [0, 0.05) is 31.5 Å². The Hall–Kier alpha value is -2.90. The zero-order valence-corrected chi connectivity index (χ0v) is 14.8. The van der Waals surface area contributed by atoms with Gasteiger partial charge in [-0.1, -0.05) is 10.3 Å². The van der Waals surface area contributed by atoms with Crippen LogP contribution in [0.15, 0.2) is 37.9 Å². The monoisotopic (exact) mass is 368 g/mol. The molecule has 0 N–H and O–H groups in total. The Labute approximate surface area is 155 Å². The number of amides is 1. The number of piperidine rings is 1. The molecule has 1 aliphatic heterocycles. The Bertz CT molecular complexity index is 925. The largest absolute Gasteiger partial charge is 0.461 e. The highest BCUT2D eigenvalue weighted by atomic mass is 16.5. The summed E-state index contributed by atoms with van der Waals surface area (Å²) in [5, 5.41) is 7.99. The highest BCUT2D eigenvalue weighted by Gasteiger charge is 2.31. The van der Waals surface area contributed by atoms with E-state index < -0.39 is 0 Å². The molecule has 140 valence electrons. The quantitative estimate of drug-likeness (QED) is 0.681. The number of hydrogen-bond donors (Lipinski definition) is 0. The molecule has 0 bridgehead atoms. The zero-order valence-electron chi connectivity index (χ0n) is 14.8. The van der Waals surface area contributed by atoms with Gasteiger partial charge >= 0.3 is 0 Å². The van der Waals surface area contributed by atoms with E-state index in [1.807, 2.05) is 4.90 Å². The molecule has 27 heavy (non-hydrogen) atoms. The predicted octanol–water partition coefficient (Wildman–Crippen LogP) is 3.29. The van der Waals surface area contributed by atoms with Crippen molar-refractivity contribution in [3.8, 4) is 11.5 Å². The minimum absolute atomic E-state index is 0.120. The minimum atomic E-state index is -0.120. The molecule has 4 heterocycles. The number of hydrogen-bond acceptors (Lipinski definition) is 7. The standard InChI is InChI=1S/C19H20N4O4/c24-19(14-10-16(26-21-14)15-4-2-8-25-15)23-7-1-3-12(11-23)9-17-20-18(22-27-17)13-5-6-13/h2,4,8,10,12-13H,1,3,5-7,9,11H2/t12-/m0/s1. The van der Waals surface area contributed by atoms with Crippen molar-refractivity contribution in [2.45, 2.75) is 38.0 Å². The van der Waals surface area contributed by atoms with Gasteiger partial charge in [-0.25, -0.2) is 0 Å². The first-order valence-electron chi connectivity index (χ1n) is 9.38. The van der Waals surface area contributed by atoms with Crippen LogP contribution in [0, 0.1) is 5.92 Å². The Balaban J connectivity index is 1.24.